The summed E-state index contributed by atoms with van der Waals surface area (Å²) in [6.07, 6.45) is 3.83. The minimum atomic E-state index is -4.10. The molecule has 1 aromatic heterocycles. The van der Waals surface area contributed by atoms with Gasteiger partial charge in [0.1, 0.15) is 17.4 Å². The summed E-state index contributed by atoms with van der Waals surface area (Å²) in [6.45, 7) is 0. The van der Waals surface area contributed by atoms with E-state index in [0.717, 1.165) is 48.0 Å². The molecule has 0 bridgehead atoms. The Bertz CT molecular complexity index is 1270. The maximum atomic E-state index is 13.0. The first-order valence-electron chi connectivity index (χ1n) is 10.8. The van der Waals surface area contributed by atoms with E-state index in [4.69, 9.17) is 9.62 Å². The average molecular weight is 491 g/mol. The van der Waals surface area contributed by atoms with Crippen LogP contribution in [0.25, 0.3) is 11.0 Å². The van der Waals surface area contributed by atoms with Crippen molar-refractivity contribution in [2.75, 3.05) is 5.75 Å². The number of benzene rings is 2. The summed E-state index contributed by atoms with van der Waals surface area (Å²) in [5.41, 5.74) is 4.00. The molecule has 2 aromatic carbocycles. The van der Waals surface area contributed by atoms with E-state index in [9.17, 15) is 17.4 Å². The Kier molecular flexibility index (Phi) is 7.28. The van der Waals surface area contributed by atoms with E-state index >= 15 is 0 Å². The van der Waals surface area contributed by atoms with E-state index in [1.165, 1.54) is 17.6 Å². The Morgan fingerprint density at radius 1 is 1.12 bits per heavy atom. The van der Waals surface area contributed by atoms with Crippen molar-refractivity contribution in [1.82, 2.24) is 10.2 Å². The van der Waals surface area contributed by atoms with Crippen LogP contribution in [-0.2, 0) is 44.2 Å². The van der Waals surface area contributed by atoms with Gasteiger partial charge in [-0.25, -0.2) is 13.9 Å². The summed E-state index contributed by atoms with van der Waals surface area (Å²) in [7, 11) is -5.40. The maximum absolute atomic E-state index is 13.0. The van der Waals surface area contributed by atoms with Crippen molar-refractivity contribution < 1.29 is 27.0 Å². The number of nitrogens with one attached hydrogen (secondary N) is 2. The van der Waals surface area contributed by atoms with Gasteiger partial charge in [-0.15, -0.1) is 0 Å². The van der Waals surface area contributed by atoms with E-state index in [2.05, 4.69) is 4.72 Å². The summed E-state index contributed by atoms with van der Waals surface area (Å²) in [5.74, 6) is 0.363. The van der Waals surface area contributed by atoms with Gasteiger partial charge < -0.3 is 4.42 Å². The highest BCUT2D eigenvalue weighted by Crippen LogP contribution is 2.33. The third-order valence-corrected chi connectivity index (χ3v) is 8.58. The van der Waals surface area contributed by atoms with Crippen LogP contribution in [0.5, 0.6) is 0 Å². The van der Waals surface area contributed by atoms with E-state index in [1.807, 2.05) is 30.3 Å². The fourth-order valence-corrected chi connectivity index (χ4v) is 6.52. The van der Waals surface area contributed by atoms with Gasteiger partial charge in [0.05, 0.1) is 4.90 Å². The Balaban J connectivity index is 1.48. The van der Waals surface area contributed by atoms with Crippen molar-refractivity contribution in [2.45, 2.75) is 48.8 Å². The van der Waals surface area contributed by atoms with Crippen LogP contribution in [0.3, 0.4) is 0 Å². The van der Waals surface area contributed by atoms with E-state index in [1.54, 1.807) is 6.07 Å². The highest BCUT2D eigenvalue weighted by molar-refractivity contribution is 7.89. The summed E-state index contributed by atoms with van der Waals surface area (Å²) in [6, 6.07) is 12.6. The van der Waals surface area contributed by atoms with E-state index in [-0.39, 0.29) is 17.1 Å². The van der Waals surface area contributed by atoms with Crippen molar-refractivity contribution in [3.05, 3.63) is 65.4 Å². The fourth-order valence-electron chi connectivity index (χ4n) is 4.07. The van der Waals surface area contributed by atoms with Crippen LogP contribution in [0.2, 0.25) is 0 Å². The van der Waals surface area contributed by atoms with Crippen LogP contribution in [0.15, 0.2) is 57.8 Å². The van der Waals surface area contributed by atoms with Crippen LogP contribution in [0, 0.1) is 0 Å². The van der Waals surface area contributed by atoms with Gasteiger partial charge in [-0.3, -0.25) is 14.2 Å². The highest BCUT2D eigenvalue weighted by Gasteiger charge is 2.27. The molecule has 8 nitrogen and oxygen atoms in total. The van der Waals surface area contributed by atoms with Crippen LogP contribution in [0.1, 0.15) is 36.1 Å². The van der Waals surface area contributed by atoms with Crippen molar-refractivity contribution in [2.24, 2.45) is 0 Å². The standard InChI is InChI=1S/C23H26N2O6S2/c26-23(24-27)20(12-13-32(28)15-16-6-2-1-3-7-16)25-33(29,30)17-10-11-19-18-8-4-5-9-21(18)31-22(19)14-17/h1-3,6-7,10-11,14,20,25,27H,4-5,8-9,12-13,15H2,(H,24,26)/t20?,32-/m0/s1. The van der Waals surface area contributed by atoms with Crippen molar-refractivity contribution in [1.29, 1.82) is 0 Å². The second-order valence-electron chi connectivity index (χ2n) is 8.08. The van der Waals surface area contributed by atoms with Crippen molar-refractivity contribution in [3.8, 4) is 0 Å². The number of aryl methyl sites for hydroxylation is 2. The minimum absolute atomic E-state index is 0.0393. The molecule has 33 heavy (non-hydrogen) atoms. The Morgan fingerprint density at radius 2 is 1.88 bits per heavy atom. The molecule has 1 amide bonds. The van der Waals surface area contributed by atoms with Gasteiger partial charge >= 0.3 is 0 Å². The number of hydroxylamine groups is 1. The Hall–Kier alpha value is -2.53. The van der Waals surface area contributed by atoms with E-state index in [0.29, 0.717) is 11.3 Å². The fraction of sp³-hybridized carbons (Fsp3) is 0.348. The quantitative estimate of drug-likeness (QED) is 0.313. The molecule has 4 rings (SSSR count). The van der Waals surface area contributed by atoms with Gasteiger partial charge in [0.15, 0.2) is 0 Å². The zero-order chi connectivity index (χ0) is 23.4. The molecule has 1 aliphatic rings. The van der Waals surface area contributed by atoms with Crippen LogP contribution >= 0.6 is 0 Å². The average Bonchev–Trinajstić information content (AvgIpc) is 3.20. The third-order valence-electron chi connectivity index (χ3n) is 5.77. The molecule has 0 saturated heterocycles. The first kappa shape index (κ1) is 23.6. The second kappa shape index (κ2) is 10.2. The molecule has 1 heterocycles. The number of hydrogen-bond acceptors (Lipinski definition) is 6. The number of carbonyl (C=O) groups excluding carboxylic acids is 1. The van der Waals surface area contributed by atoms with Gasteiger partial charge in [0.2, 0.25) is 10.0 Å². The molecule has 0 radical (unpaired) electrons. The molecule has 1 aliphatic carbocycles. The molecule has 0 aliphatic heterocycles. The third kappa shape index (κ3) is 5.52. The lowest BCUT2D eigenvalue weighted by molar-refractivity contribution is -0.130. The lowest BCUT2D eigenvalue weighted by Crippen LogP contribution is -2.46. The molecule has 0 saturated carbocycles. The van der Waals surface area contributed by atoms with Crippen LogP contribution < -0.4 is 10.2 Å². The number of sulfonamides is 1. The number of furan rings is 1. The summed E-state index contributed by atoms with van der Waals surface area (Å²) in [5, 5.41) is 9.99. The molecule has 3 aromatic rings. The highest BCUT2D eigenvalue weighted by atomic mass is 32.2. The first-order chi connectivity index (χ1) is 15.9. The number of hydrogen-bond donors (Lipinski definition) is 3. The predicted octanol–water partition coefficient (Wildman–Crippen LogP) is 2.80. The number of amides is 1. The molecule has 1 unspecified atom stereocenters. The smallest absolute Gasteiger partial charge is 0.261 e. The molecular formula is C23H26N2O6S2. The Morgan fingerprint density at radius 3 is 2.64 bits per heavy atom. The van der Waals surface area contributed by atoms with Gasteiger partial charge in [0, 0.05) is 45.7 Å². The molecule has 176 valence electrons. The monoisotopic (exact) mass is 490 g/mol. The Labute approximate surface area is 194 Å². The summed E-state index contributed by atoms with van der Waals surface area (Å²) >= 11 is 0. The first-order valence-corrected chi connectivity index (χ1v) is 13.7. The lowest BCUT2D eigenvalue weighted by atomic mass is 9.96. The topological polar surface area (TPSA) is 126 Å². The molecule has 10 heteroatoms. The number of rotatable bonds is 9. The number of carbonyl (C=O) groups is 1. The van der Waals surface area contributed by atoms with Crippen LogP contribution in [0.4, 0.5) is 0 Å². The molecular weight excluding hydrogens is 464 g/mol. The summed E-state index contributed by atoms with van der Waals surface area (Å²) in [4.78, 5) is 12.1. The zero-order valence-corrected chi connectivity index (χ0v) is 19.6. The molecule has 2 atom stereocenters. The van der Waals surface area contributed by atoms with Gasteiger partial charge in [-0.05, 0) is 43.4 Å². The normalized spacial score (nSPS) is 15.7. The van der Waals surface area contributed by atoms with Crippen LogP contribution in [-0.4, -0.2) is 35.5 Å². The zero-order valence-electron chi connectivity index (χ0n) is 18.0. The second-order valence-corrected chi connectivity index (χ2v) is 11.4. The predicted molar refractivity (Wildman–Crippen MR) is 125 cm³/mol. The van der Waals surface area contributed by atoms with Crippen molar-refractivity contribution >= 4 is 37.7 Å². The summed E-state index contributed by atoms with van der Waals surface area (Å²) < 4.78 is 46.6. The van der Waals surface area contributed by atoms with Gasteiger partial charge in [0.25, 0.3) is 5.91 Å². The lowest BCUT2D eigenvalue weighted by Gasteiger charge is -2.17. The maximum Gasteiger partial charge on any atom is 0.261 e. The number of fused-ring (bicyclic) bond motifs is 3. The minimum Gasteiger partial charge on any atom is -0.461 e. The van der Waals surface area contributed by atoms with Gasteiger partial charge in [-0.2, -0.15) is 4.72 Å². The SMILES string of the molecule is O=C(NO)C(CC[S@](=O)Cc1ccccc1)NS(=O)(=O)c1ccc2c3c(oc2c1)CCCC3. The molecule has 0 spiro atoms. The largest absolute Gasteiger partial charge is 0.461 e. The van der Waals surface area contributed by atoms with Crippen molar-refractivity contribution in [3.63, 3.8) is 0 Å². The molecule has 3 N–H and O–H groups in total. The molecule has 0 fully saturated rings. The van der Waals surface area contributed by atoms with Gasteiger partial charge in [-0.1, -0.05) is 30.3 Å². The van der Waals surface area contributed by atoms with E-state index < -0.39 is 32.8 Å².